The molecule has 0 radical (unpaired) electrons. The summed E-state index contributed by atoms with van der Waals surface area (Å²) in [5.74, 6) is -0.920. The zero-order valence-corrected chi connectivity index (χ0v) is 22.8. The van der Waals surface area contributed by atoms with Crippen LogP contribution in [0, 0.1) is 0 Å². The van der Waals surface area contributed by atoms with Crippen molar-refractivity contribution in [2.45, 2.75) is 79.3 Å². The number of carbonyl (C=O) groups is 2. The molecule has 2 amide bonds. The Labute approximate surface area is 224 Å². The Hall–Kier alpha value is -2.33. The molecular formula is C27H33F3N2O3S2. The van der Waals surface area contributed by atoms with Gasteiger partial charge in [0.1, 0.15) is 4.75 Å². The molecule has 0 aromatic heterocycles. The van der Waals surface area contributed by atoms with Gasteiger partial charge in [-0.3, -0.25) is 4.79 Å². The molecule has 2 aromatic rings. The molecule has 1 aliphatic rings. The SMILES string of the molecule is CCCCCCN(C(=O)Nc1ccc(SC(F)(F)F)cc1)C1Cc2ccccc2C1SC(C)(C)C(=O)O. The normalized spacial score (nSPS) is 17.4. The lowest BCUT2D eigenvalue weighted by Crippen LogP contribution is -2.46. The Balaban J connectivity index is 1.85. The van der Waals surface area contributed by atoms with Crippen LogP contribution in [0.5, 0.6) is 0 Å². The van der Waals surface area contributed by atoms with E-state index in [1.54, 1.807) is 18.7 Å². The highest BCUT2D eigenvalue weighted by atomic mass is 32.2. The number of amides is 2. The van der Waals surface area contributed by atoms with E-state index in [1.807, 2.05) is 24.3 Å². The van der Waals surface area contributed by atoms with Gasteiger partial charge in [0.15, 0.2) is 0 Å². The van der Waals surface area contributed by atoms with Crippen LogP contribution in [0.15, 0.2) is 53.4 Å². The number of halogens is 3. The maximum absolute atomic E-state index is 13.6. The van der Waals surface area contributed by atoms with Crippen molar-refractivity contribution >= 4 is 41.2 Å². The van der Waals surface area contributed by atoms with E-state index in [1.165, 1.54) is 36.0 Å². The number of nitrogens with one attached hydrogen (secondary N) is 1. The molecule has 2 atom stereocenters. The van der Waals surface area contributed by atoms with Crippen LogP contribution in [0.1, 0.15) is 62.8 Å². The monoisotopic (exact) mass is 554 g/mol. The molecule has 37 heavy (non-hydrogen) atoms. The number of anilines is 1. The molecule has 202 valence electrons. The van der Waals surface area contributed by atoms with Crippen LogP contribution in [0.2, 0.25) is 0 Å². The molecule has 0 aliphatic heterocycles. The fourth-order valence-electron chi connectivity index (χ4n) is 4.38. The summed E-state index contributed by atoms with van der Waals surface area (Å²) in [6.45, 7) is 5.95. The second-order valence-electron chi connectivity index (χ2n) is 9.58. The molecule has 0 fully saturated rings. The molecule has 2 unspecified atom stereocenters. The first kappa shape index (κ1) is 29.2. The van der Waals surface area contributed by atoms with Crippen molar-refractivity contribution in [1.29, 1.82) is 0 Å². The van der Waals surface area contributed by atoms with Crippen molar-refractivity contribution < 1.29 is 27.9 Å². The quantitative estimate of drug-likeness (QED) is 0.218. The molecular weight excluding hydrogens is 521 g/mol. The molecule has 1 aliphatic carbocycles. The zero-order valence-electron chi connectivity index (χ0n) is 21.2. The Bertz CT molecular complexity index is 1080. The number of carbonyl (C=O) groups excluding carboxylic acids is 1. The van der Waals surface area contributed by atoms with Crippen molar-refractivity contribution in [3.05, 3.63) is 59.7 Å². The molecule has 2 aromatic carbocycles. The largest absolute Gasteiger partial charge is 0.480 e. The lowest BCUT2D eigenvalue weighted by atomic mass is 10.1. The van der Waals surface area contributed by atoms with Crippen molar-refractivity contribution in [2.75, 3.05) is 11.9 Å². The van der Waals surface area contributed by atoms with E-state index < -0.39 is 16.2 Å². The first-order valence-electron chi connectivity index (χ1n) is 12.3. The summed E-state index contributed by atoms with van der Waals surface area (Å²) in [5, 5.41) is 12.4. The first-order valence-corrected chi connectivity index (χ1v) is 14.0. The second-order valence-corrected chi connectivity index (χ2v) is 12.5. The van der Waals surface area contributed by atoms with E-state index in [4.69, 9.17) is 0 Å². The number of alkyl halides is 3. The predicted octanol–water partition coefficient (Wildman–Crippen LogP) is 7.98. The average molecular weight is 555 g/mol. The second kappa shape index (κ2) is 12.5. The number of aliphatic carboxylic acids is 1. The maximum Gasteiger partial charge on any atom is 0.446 e. The molecule has 0 heterocycles. The number of nitrogens with zero attached hydrogens (tertiary/aromatic N) is 1. The Morgan fingerprint density at radius 3 is 2.35 bits per heavy atom. The van der Waals surface area contributed by atoms with Gasteiger partial charge in [0, 0.05) is 17.1 Å². The molecule has 0 spiro atoms. The van der Waals surface area contributed by atoms with E-state index in [2.05, 4.69) is 12.2 Å². The number of fused-ring (bicyclic) bond motifs is 1. The maximum atomic E-state index is 13.6. The number of urea groups is 1. The molecule has 0 bridgehead atoms. The van der Waals surface area contributed by atoms with Crippen LogP contribution in [-0.4, -0.2) is 44.8 Å². The zero-order chi connectivity index (χ0) is 27.2. The molecule has 5 nitrogen and oxygen atoms in total. The third-order valence-corrected chi connectivity index (χ3v) is 8.65. The highest BCUT2D eigenvalue weighted by molar-refractivity contribution is 8.01. The van der Waals surface area contributed by atoms with Crippen molar-refractivity contribution in [1.82, 2.24) is 4.90 Å². The van der Waals surface area contributed by atoms with Crippen LogP contribution < -0.4 is 5.32 Å². The summed E-state index contributed by atoms with van der Waals surface area (Å²) in [6, 6.07) is 12.9. The summed E-state index contributed by atoms with van der Waals surface area (Å²) >= 11 is 1.14. The number of rotatable bonds is 11. The van der Waals surface area contributed by atoms with E-state index in [0.29, 0.717) is 18.7 Å². The number of carboxylic acid groups (broad SMARTS) is 1. The van der Waals surface area contributed by atoms with E-state index in [-0.39, 0.29) is 34.0 Å². The van der Waals surface area contributed by atoms with Crippen molar-refractivity contribution in [3.63, 3.8) is 0 Å². The van der Waals surface area contributed by atoms with Crippen LogP contribution in [-0.2, 0) is 11.2 Å². The van der Waals surface area contributed by atoms with Crippen LogP contribution in [0.3, 0.4) is 0 Å². The van der Waals surface area contributed by atoms with Crippen molar-refractivity contribution in [2.24, 2.45) is 0 Å². The molecule has 0 saturated carbocycles. The molecule has 2 N–H and O–H groups in total. The molecule has 3 rings (SSSR count). The van der Waals surface area contributed by atoms with Gasteiger partial charge in [0.2, 0.25) is 0 Å². The summed E-state index contributed by atoms with van der Waals surface area (Å²) in [4.78, 5) is 27.3. The number of benzene rings is 2. The van der Waals surface area contributed by atoms with Gasteiger partial charge in [-0.2, -0.15) is 13.2 Å². The predicted molar refractivity (Wildman–Crippen MR) is 144 cm³/mol. The summed E-state index contributed by atoms with van der Waals surface area (Å²) < 4.78 is 36.9. The van der Waals surface area contributed by atoms with E-state index in [0.717, 1.165) is 36.8 Å². The third kappa shape index (κ3) is 8.07. The van der Waals surface area contributed by atoms with E-state index >= 15 is 0 Å². The van der Waals surface area contributed by atoms with Gasteiger partial charge >= 0.3 is 17.5 Å². The van der Waals surface area contributed by atoms with Gasteiger partial charge in [-0.25, -0.2) is 4.79 Å². The Morgan fingerprint density at radius 2 is 1.73 bits per heavy atom. The third-order valence-electron chi connectivity index (χ3n) is 6.33. The average Bonchev–Trinajstić information content (AvgIpc) is 3.16. The topological polar surface area (TPSA) is 69.6 Å². The van der Waals surface area contributed by atoms with Crippen molar-refractivity contribution in [3.8, 4) is 0 Å². The number of hydrogen-bond acceptors (Lipinski definition) is 4. The van der Waals surface area contributed by atoms with E-state index in [9.17, 15) is 27.9 Å². The first-order chi connectivity index (χ1) is 17.4. The standard InChI is InChI=1S/C27H33F3N2O3S2/c1-4-5-6-9-16-32(25(35)31-19-12-14-20(15-13-19)36-27(28,29)30)22-17-18-10-7-8-11-21(18)23(22)37-26(2,3)24(33)34/h7-8,10-15,22-23H,4-6,9,16-17H2,1-3H3,(H,31,35)(H,33,34). The van der Waals surface area contributed by atoms with Gasteiger partial charge < -0.3 is 15.3 Å². The lowest BCUT2D eigenvalue weighted by Gasteiger charge is -2.35. The summed E-state index contributed by atoms with van der Waals surface area (Å²) in [6.07, 6.45) is 4.46. The minimum Gasteiger partial charge on any atom is -0.480 e. The van der Waals surface area contributed by atoms with Gasteiger partial charge in [-0.1, -0.05) is 50.5 Å². The van der Waals surface area contributed by atoms with Gasteiger partial charge in [-0.05, 0) is 73.8 Å². The van der Waals surface area contributed by atoms with Crippen LogP contribution in [0.25, 0.3) is 0 Å². The molecule has 10 heteroatoms. The highest BCUT2D eigenvalue weighted by Gasteiger charge is 2.43. The van der Waals surface area contributed by atoms with Gasteiger partial charge in [0.05, 0.1) is 11.3 Å². The Kier molecular flexibility index (Phi) is 9.86. The van der Waals surface area contributed by atoms with Gasteiger partial charge in [0.25, 0.3) is 0 Å². The summed E-state index contributed by atoms with van der Waals surface area (Å²) in [5.41, 5.74) is -1.85. The highest BCUT2D eigenvalue weighted by Crippen LogP contribution is 2.49. The number of thioether (sulfide) groups is 2. The molecule has 0 saturated heterocycles. The van der Waals surface area contributed by atoms with Gasteiger partial charge in [-0.15, -0.1) is 11.8 Å². The summed E-state index contributed by atoms with van der Waals surface area (Å²) in [7, 11) is 0. The number of carboxylic acids is 1. The van der Waals surface area contributed by atoms with Crippen LogP contribution in [0.4, 0.5) is 23.7 Å². The lowest BCUT2D eigenvalue weighted by molar-refractivity contribution is -0.138. The fourth-order valence-corrected chi connectivity index (χ4v) is 6.42. The minimum atomic E-state index is -4.38. The Morgan fingerprint density at radius 1 is 1.05 bits per heavy atom. The fraction of sp³-hybridized carbons (Fsp3) is 0.481. The number of unbranched alkanes of at least 4 members (excludes halogenated alkanes) is 3. The minimum absolute atomic E-state index is 0.0422. The van der Waals surface area contributed by atoms with Crippen LogP contribution >= 0.6 is 23.5 Å². The number of hydrogen-bond donors (Lipinski definition) is 2. The smallest absolute Gasteiger partial charge is 0.446 e.